The fourth-order valence-electron chi connectivity index (χ4n) is 2.16. The molecule has 0 amide bonds. The summed E-state index contributed by atoms with van der Waals surface area (Å²) >= 11 is 29.5. The summed E-state index contributed by atoms with van der Waals surface area (Å²) in [5.74, 6) is -62.9. The first-order valence-corrected chi connectivity index (χ1v) is 18.4. The Balaban J connectivity index is 7.04. The molecular weight excluding hydrogens is 717 g/mol. The van der Waals surface area contributed by atoms with Crippen LogP contribution in [0, 0.1) is 0 Å². The summed E-state index contributed by atoms with van der Waals surface area (Å²) in [6.07, 6.45) is 0. The van der Waals surface area contributed by atoms with Gasteiger partial charge < -0.3 is 0 Å². The first-order valence-electron chi connectivity index (χ1n) is 8.22. The third-order valence-electron chi connectivity index (χ3n) is 4.88. The second kappa shape index (κ2) is 9.85. The van der Waals surface area contributed by atoms with E-state index in [0.29, 0.717) is 0 Å². The van der Waals surface area contributed by atoms with Crippen LogP contribution < -0.4 is 0 Å². The highest BCUT2D eigenvalue weighted by Crippen LogP contribution is 2.67. The Labute approximate surface area is 220 Å². The van der Waals surface area contributed by atoms with Crippen LogP contribution in [0.15, 0.2) is 0 Å². The van der Waals surface area contributed by atoms with E-state index in [9.17, 15) is 70.2 Å². The lowest BCUT2D eigenvalue weighted by Gasteiger charge is -2.45. The minimum Gasteiger partial charge on any atom is -0.200 e. The molecule has 218 valence electrons. The Bertz CT molecular complexity index is 742. The van der Waals surface area contributed by atoms with E-state index in [-0.39, 0.29) is 13.8 Å². The summed E-state index contributed by atoms with van der Waals surface area (Å²) in [7, 11) is 0. The molecule has 2 unspecified atom stereocenters. The van der Waals surface area contributed by atoms with Crippen molar-refractivity contribution in [1.29, 1.82) is 0 Å². The molecule has 0 nitrogen and oxygen atoms in total. The van der Waals surface area contributed by atoms with Gasteiger partial charge in [0.15, 0.2) is 0 Å². The zero-order chi connectivity index (χ0) is 30.2. The number of alkyl halides is 16. The van der Waals surface area contributed by atoms with Crippen LogP contribution in [0.25, 0.3) is 0 Å². The van der Waals surface area contributed by atoms with Crippen LogP contribution in [0.2, 0.25) is 11.1 Å². The molecule has 0 aromatic rings. The Hall–Kier alpha value is 1.05. The Morgan fingerprint density at radius 1 is 0.361 bits per heavy atom. The molecule has 0 aromatic carbocycles. The van der Waals surface area contributed by atoms with Crippen molar-refractivity contribution in [3.8, 4) is 0 Å². The third-order valence-corrected chi connectivity index (χ3v) is 13.5. The molecule has 0 bridgehead atoms. The fourth-order valence-corrected chi connectivity index (χ4v) is 5.81. The summed E-state index contributed by atoms with van der Waals surface area (Å²) in [5, 5.41) is 0. The molecule has 0 aliphatic heterocycles. The summed E-state index contributed by atoms with van der Waals surface area (Å²) in [5.41, 5.74) is -7.22. The Kier molecular flexibility index (Phi) is 10.1. The van der Waals surface area contributed by atoms with E-state index in [1.807, 2.05) is 0 Å². The number of hydrogen-bond donors (Lipinski definition) is 0. The van der Waals surface area contributed by atoms with Crippen molar-refractivity contribution in [3.05, 3.63) is 0 Å². The molecule has 0 saturated heterocycles. The first-order chi connectivity index (χ1) is 15.1. The maximum atomic E-state index is 13.9. The van der Waals surface area contributed by atoms with Crippen LogP contribution in [-0.4, -0.2) is 59.4 Å². The van der Waals surface area contributed by atoms with Crippen molar-refractivity contribution in [1.82, 2.24) is 0 Å². The van der Waals surface area contributed by atoms with Gasteiger partial charge in [0, 0.05) is 0 Å². The SMILES string of the molecule is CC(C(F)(F)C(F)(F)C(F)(F)C(F)(F)C(F)(F)C(F)(F)C(F)(F)C(F)(F)C(C)[Si](Cl)(Cl)Cl)[Si](Cl)(Cl)Cl. The highest BCUT2D eigenvalue weighted by Gasteiger charge is 2.95. The quantitative estimate of drug-likeness (QED) is 0.113. The van der Waals surface area contributed by atoms with Gasteiger partial charge in [-0.2, -0.15) is 70.2 Å². The van der Waals surface area contributed by atoms with Crippen LogP contribution in [0.3, 0.4) is 0 Å². The Morgan fingerprint density at radius 2 is 0.500 bits per heavy atom. The van der Waals surface area contributed by atoms with E-state index in [0.717, 1.165) is 0 Å². The maximum absolute atomic E-state index is 13.9. The van der Waals surface area contributed by atoms with E-state index in [1.54, 1.807) is 0 Å². The minimum absolute atomic E-state index is 0.245. The van der Waals surface area contributed by atoms with Crippen LogP contribution >= 0.6 is 66.5 Å². The van der Waals surface area contributed by atoms with Crippen LogP contribution in [0.1, 0.15) is 13.8 Å². The average molecular weight is 725 g/mol. The van der Waals surface area contributed by atoms with E-state index >= 15 is 0 Å². The lowest BCUT2D eigenvalue weighted by atomic mass is 9.86. The highest BCUT2D eigenvalue weighted by molar-refractivity contribution is 7.65. The van der Waals surface area contributed by atoms with Gasteiger partial charge >= 0.3 is 59.4 Å². The van der Waals surface area contributed by atoms with Gasteiger partial charge in [-0.3, -0.25) is 0 Å². The van der Waals surface area contributed by atoms with Gasteiger partial charge in [-0.25, -0.2) is 0 Å². The predicted molar refractivity (Wildman–Crippen MR) is 105 cm³/mol. The molecule has 2 atom stereocenters. The van der Waals surface area contributed by atoms with E-state index in [1.165, 1.54) is 0 Å². The zero-order valence-corrected chi connectivity index (χ0v) is 23.0. The van der Waals surface area contributed by atoms with Crippen molar-refractivity contribution >= 4 is 78.5 Å². The van der Waals surface area contributed by atoms with E-state index < -0.39 is 70.5 Å². The maximum Gasteiger partial charge on any atom is 0.384 e. The molecule has 0 fully saturated rings. The summed E-state index contributed by atoms with van der Waals surface area (Å²) in [6.45, 7) is -0.490. The average Bonchev–Trinajstić information content (AvgIpc) is 2.63. The second-order valence-corrected chi connectivity index (χ2v) is 25.3. The van der Waals surface area contributed by atoms with Crippen molar-refractivity contribution < 1.29 is 70.2 Å². The van der Waals surface area contributed by atoms with Gasteiger partial charge in [0.25, 0.3) is 0 Å². The minimum atomic E-state index is -8.59. The normalized spacial score (nSPS) is 18.3. The lowest BCUT2D eigenvalue weighted by Crippen LogP contribution is -2.75. The number of halogens is 22. The standard InChI is InChI=1S/C12H8Cl6F16Si2/c1-3(35(13,14)15)5(19,20)7(23,24)9(27,28)11(31,32)12(33,34)10(29,30)8(25,26)6(21,22)4(2)36(16,17)18/h3-4H,1-2H3. The monoisotopic (exact) mass is 722 g/mol. The molecule has 0 aliphatic carbocycles. The van der Waals surface area contributed by atoms with Crippen molar-refractivity contribution in [3.63, 3.8) is 0 Å². The molecule has 0 aliphatic rings. The summed E-state index contributed by atoms with van der Waals surface area (Å²) in [4.78, 5) is 0. The van der Waals surface area contributed by atoms with Gasteiger partial charge in [-0.05, 0) is 0 Å². The molecule has 0 rings (SSSR count). The van der Waals surface area contributed by atoms with Gasteiger partial charge in [0.2, 0.25) is 0 Å². The zero-order valence-electron chi connectivity index (χ0n) is 16.5. The molecule has 0 N–H and O–H groups in total. The third kappa shape index (κ3) is 5.24. The van der Waals surface area contributed by atoms with Crippen LogP contribution in [0.5, 0.6) is 0 Å². The van der Waals surface area contributed by atoms with E-state index in [2.05, 4.69) is 0 Å². The topological polar surface area (TPSA) is 0 Å². The van der Waals surface area contributed by atoms with Crippen molar-refractivity contribution in [2.75, 3.05) is 0 Å². The van der Waals surface area contributed by atoms with Gasteiger partial charge in [0.05, 0.1) is 11.1 Å². The van der Waals surface area contributed by atoms with Gasteiger partial charge in [0.1, 0.15) is 0 Å². The van der Waals surface area contributed by atoms with E-state index in [4.69, 9.17) is 66.5 Å². The molecule has 0 radical (unpaired) electrons. The smallest absolute Gasteiger partial charge is 0.200 e. The van der Waals surface area contributed by atoms with Crippen molar-refractivity contribution in [2.24, 2.45) is 0 Å². The molecule has 0 spiro atoms. The lowest BCUT2D eigenvalue weighted by molar-refractivity contribution is -0.453. The number of rotatable bonds is 11. The molecule has 24 heteroatoms. The largest absolute Gasteiger partial charge is 0.384 e. The second-order valence-electron chi connectivity index (χ2n) is 7.22. The Morgan fingerprint density at radius 3 is 0.639 bits per heavy atom. The summed E-state index contributed by atoms with van der Waals surface area (Å²) in [6, 6.07) is -10.6. The van der Waals surface area contributed by atoms with Crippen LogP contribution in [0.4, 0.5) is 70.2 Å². The summed E-state index contributed by atoms with van der Waals surface area (Å²) < 4.78 is 222. The molecular formula is C12H8Cl6F16Si2. The highest BCUT2D eigenvalue weighted by atomic mass is 35.8. The van der Waals surface area contributed by atoms with Crippen molar-refractivity contribution in [2.45, 2.75) is 72.3 Å². The molecule has 0 saturated carbocycles. The number of hydrogen-bond acceptors (Lipinski definition) is 0. The molecule has 0 heterocycles. The molecule has 36 heavy (non-hydrogen) atoms. The predicted octanol–water partition coefficient (Wildman–Crippen LogP) is 10.2. The van der Waals surface area contributed by atoms with Gasteiger partial charge in [-0.1, -0.05) is 13.8 Å². The molecule has 0 aromatic heterocycles. The van der Waals surface area contributed by atoms with Gasteiger partial charge in [-0.15, -0.1) is 66.5 Å². The first kappa shape index (κ1) is 37.1. The fraction of sp³-hybridized carbons (Fsp3) is 1.00. The van der Waals surface area contributed by atoms with Crippen LogP contribution in [-0.2, 0) is 0 Å².